The number of benzene rings is 1. The van der Waals surface area contributed by atoms with Crippen LogP contribution in [-0.2, 0) is 12.2 Å². The first kappa shape index (κ1) is 12.1. The predicted molar refractivity (Wildman–Crippen MR) is 68.6 cm³/mol. The monoisotopic (exact) mass is 249 g/mol. The third kappa shape index (κ3) is 3.31. The summed E-state index contributed by atoms with van der Waals surface area (Å²) in [4.78, 5) is 4.27. The van der Waals surface area contributed by atoms with Gasteiger partial charge in [0.05, 0.1) is 11.8 Å². The van der Waals surface area contributed by atoms with E-state index in [4.69, 9.17) is 10.3 Å². The normalized spacial score (nSPS) is 12.6. The zero-order valence-electron chi connectivity index (χ0n) is 9.67. The molecular weight excluding hydrogens is 234 g/mol. The predicted octanol–water partition coefficient (Wildman–Crippen LogP) is 2.18. The highest BCUT2D eigenvalue weighted by Gasteiger charge is 2.14. The standard InChI is InChI=1S/C12H15N3OS/c1-17-8-11-14-12(16-15-11)10(13)7-9-5-3-2-4-6-9/h2-6,10H,7-8,13H2,1H3. The van der Waals surface area contributed by atoms with Crippen molar-refractivity contribution in [1.29, 1.82) is 0 Å². The molecule has 5 heteroatoms. The summed E-state index contributed by atoms with van der Waals surface area (Å²) in [6.45, 7) is 0. The van der Waals surface area contributed by atoms with Crippen molar-refractivity contribution < 1.29 is 4.52 Å². The molecule has 0 radical (unpaired) electrons. The highest BCUT2D eigenvalue weighted by molar-refractivity contribution is 7.97. The number of nitrogens with zero attached hydrogens (tertiary/aromatic N) is 2. The van der Waals surface area contributed by atoms with E-state index in [0.717, 1.165) is 5.75 Å². The minimum Gasteiger partial charge on any atom is -0.338 e. The van der Waals surface area contributed by atoms with E-state index in [1.165, 1.54) is 5.56 Å². The van der Waals surface area contributed by atoms with Gasteiger partial charge in [0.1, 0.15) is 0 Å². The third-order valence-corrected chi connectivity index (χ3v) is 2.92. The molecule has 0 bridgehead atoms. The Balaban J connectivity index is 2.01. The quantitative estimate of drug-likeness (QED) is 0.879. The number of hydrogen-bond acceptors (Lipinski definition) is 5. The smallest absolute Gasteiger partial charge is 0.243 e. The van der Waals surface area contributed by atoms with Crippen molar-refractivity contribution in [1.82, 2.24) is 10.1 Å². The fraction of sp³-hybridized carbons (Fsp3) is 0.333. The summed E-state index contributed by atoms with van der Waals surface area (Å²) in [6.07, 6.45) is 2.71. The molecule has 0 saturated carbocycles. The van der Waals surface area contributed by atoms with Crippen LogP contribution in [0.15, 0.2) is 34.9 Å². The van der Waals surface area contributed by atoms with Gasteiger partial charge < -0.3 is 10.3 Å². The minimum atomic E-state index is -0.236. The van der Waals surface area contributed by atoms with Crippen LogP contribution in [0.4, 0.5) is 0 Å². The fourth-order valence-electron chi connectivity index (χ4n) is 1.56. The molecule has 1 unspecified atom stereocenters. The molecule has 2 rings (SSSR count). The number of thioether (sulfide) groups is 1. The van der Waals surface area contributed by atoms with Gasteiger partial charge >= 0.3 is 0 Å². The van der Waals surface area contributed by atoms with Gasteiger partial charge in [-0.25, -0.2) is 0 Å². The Morgan fingerprint density at radius 3 is 2.82 bits per heavy atom. The molecule has 1 aromatic heterocycles. The maximum absolute atomic E-state index is 6.03. The lowest BCUT2D eigenvalue weighted by Gasteiger charge is -2.05. The Morgan fingerprint density at radius 1 is 1.35 bits per heavy atom. The molecule has 0 amide bonds. The van der Waals surface area contributed by atoms with Crippen molar-refractivity contribution in [3.63, 3.8) is 0 Å². The summed E-state index contributed by atoms with van der Waals surface area (Å²) >= 11 is 1.66. The van der Waals surface area contributed by atoms with Gasteiger partial charge in [-0.05, 0) is 18.2 Å². The molecular formula is C12H15N3OS. The Hall–Kier alpha value is -1.33. The molecule has 0 fully saturated rings. The Bertz CT molecular complexity index is 458. The van der Waals surface area contributed by atoms with E-state index >= 15 is 0 Å². The van der Waals surface area contributed by atoms with E-state index in [1.54, 1.807) is 11.8 Å². The number of nitrogens with two attached hydrogens (primary N) is 1. The van der Waals surface area contributed by atoms with E-state index in [2.05, 4.69) is 10.1 Å². The second-order valence-electron chi connectivity index (χ2n) is 3.78. The van der Waals surface area contributed by atoms with Gasteiger partial charge in [0.15, 0.2) is 5.82 Å². The molecule has 0 spiro atoms. The topological polar surface area (TPSA) is 64.9 Å². The Kier molecular flexibility index (Phi) is 4.17. The van der Waals surface area contributed by atoms with E-state index in [1.807, 2.05) is 36.6 Å². The van der Waals surface area contributed by atoms with Crippen LogP contribution < -0.4 is 5.73 Å². The van der Waals surface area contributed by atoms with Crippen LogP contribution >= 0.6 is 11.8 Å². The maximum Gasteiger partial charge on any atom is 0.243 e. The van der Waals surface area contributed by atoms with E-state index in [9.17, 15) is 0 Å². The molecule has 1 aromatic carbocycles. The van der Waals surface area contributed by atoms with Crippen LogP contribution in [0.25, 0.3) is 0 Å². The molecule has 0 saturated heterocycles. The van der Waals surface area contributed by atoms with Crippen LogP contribution in [0.3, 0.4) is 0 Å². The SMILES string of the molecule is CSCc1noc(C(N)Cc2ccccc2)n1. The van der Waals surface area contributed by atoms with Gasteiger partial charge in [0.25, 0.3) is 0 Å². The van der Waals surface area contributed by atoms with Gasteiger partial charge in [-0.3, -0.25) is 0 Å². The molecule has 4 nitrogen and oxygen atoms in total. The Morgan fingerprint density at radius 2 is 2.12 bits per heavy atom. The van der Waals surface area contributed by atoms with Crippen molar-refractivity contribution in [3.05, 3.63) is 47.6 Å². The lowest BCUT2D eigenvalue weighted by molar-refractivity contribution is 0.351. The highest BCUT2D eigenvalue weighted by Crippen LogP contribution is 2.15. The first-order chi connectivity index (χ1) is 8.29. The molecule has 0 aliphatic heterocycles. The van der Waals surface area contributed by atoms with Crippen LogP contribution in [0.2, 0.25) is 0 Å². The average Bonchev–Trinajstić information content (AvgIpc) is 2.79. The molecule has 2 N–H and O–H groups in total. The average molecular weight is 249 g/mol. The Labute approximate surface area is 105 Å². The zero-order chi connectivity index (χ0) is 12.1. The molecule has 0 aliphatic carbocycles. The zero-order valence-corrected chi connectivity index (χ0v) is 10.5. The molecule has 0 aliphatic rings. The summed E-state index contributed by atoms with van der Waals surface area (Å²) in [6, 6.07) is 9.82. The first-order valence-electron chi connectivity index (χ1n) is 5.40. The second kappa shape index (κ2) is 5.84. The van der Waals surface area contributed by atoms with Crippen LogP contribution in [0, 0.1) is 0 Å². The van der Waals surface area contributed by atoms with E-state index in [-0.39, 0.29) is 6.04 Å². The van der Waals surface area contributed by atoms with Gasteiger partial charge in [-0.15, -0.1) is 0 Å². The minimum absolute atomic E-state index is 0.236. The van der Waals surface area contributed by atoms with E-state index < -0.39 is 0 Å². The third-order valence-electron chi connectivity index (χ3n) is 2.37. The second-order valence-corrected chi connectivity index (χ2v) is 4.64. The molecule has 17 heavy (non-hydrogen) atoms. The van der Waals surface area contributed by atoms with Crippen molar-refractivity contribution in [3.8, 4) is 0 Å². The number of hydrogen-bond donors (Lipinski definition) is 1. The largest absolute Gasteiger partial charge is 0.338 e. The van der Waals surface area contributed by atoms with Crippen LogP contribution in [0.5, 0.6) is 0 Å². The van der Waals surface area contributed by atoms with Gasteiger partial charge in [0, 0.05) is 0 Å². The summed E-state index contributed by atoms with van der Waals surface area (Å²) in [5, 5.41) is 3.88. The van der Waals surface area contributed by atoms with E-state index in [0.29, 0.717) is 18.1 Å². The van der Waals surface area contributed by atoms with Gasteiger partial charge in [0.2, 0.25) is 5.89 Å². The van der Waals surface area contributed by atoms with Crippen LogP contribution in [-0.4, -0.2) is 16.4 Å². The van der Waals surface area contributed by atoms with Crippen molar-refractivity contribution in [2.24, 2.45) is 5.73 Å². The molecule has 1 atom stereocenters. The lowest BCUT2D eigenvalue weighted by atomic mass is 10.1. The molecule has 1 heterocycles. The molecule has 2 aromatic rings. The number of aromatic nitrogens is 2. The van der Waals surface area contributed by atoms with Crippen molar-refractivity contribution in [2.75, 3.05) is 6.26 Å². The van der Waals surface area contributed by atoms with Gasteiger partial charge in [-0.2, -0.15) is 16.7 Å². The highest BCUT2D eigenvalue weighted by atomic mass is 32.2. The summed E-state index contributed by atoms with van der Waals surface area (Å²) in [7, 11) is 0. The summed E-state index contributed by atoms with van der Waals surface area (Å²) in [5.41, 5.74) is 7.20. The number of rotatable bonds is 5. The summed E-state index contributed by atoms with van der Waals surface area (Å²) in [5.74, 6) is 1.97. The van der Waals surface area contributed by atoms with Crippen molar-refractivity contribution in [2.45, 2.75) is 18.2 Å². The summed E-state index contributed by atoms with van der Waals surface area (Å²) < 4.78 is 5.15. The fourth-order valence-corrected chi connectivity index (χ4v) is 1.94. The van der Waals surface area contributed by atoms with Crippen LogP contribution in [0.1, 0.15) is 23.3 Å². The first-order valence-corrected chi connectivity index (χ1v) is 6.80. The lowest BCUT2D eigenvalue weighted by Crippen LogP contribution is -2.13. The maximum atomic E-state index is 6.03. The molecule has 90 valence electrons. The van der Waals surface area contributed by atoms with Gasteiger partial charge in [-0.1, -0.05) is 35.5 Å². The van der Waals surface area contributed by atoms with Crippen molar-refractivity contribution >= 4 is 11.8 Å².